The van der Waals surface area contributed by atoms with Crippen LogP contribution >= 0.6 is 0 Å². The standard InChI is InChI=1S/C24H24N4O5/c1-24(20-14-16-4-2-3-5-19(16)33-20)22(30)28(23(31)26-24)15-21(29)25-17-6-8-18(9-7-17)27-10-12-32-13-11-27/h2-9,14H,10-13,15H2,1H3,(H,25,29)(H,26,31)/t24-/m1/s1. The van der Waals surface area contributed by atoms with Gasteiger partial charge in [-0.2, -0.15) is 0 Å². The molecule has 2 aliphatic heterocycles. The topological polar surface area (TPSA) is 104 Å². The molecule has 0 unspecified atom stereocenters. The first kappa shape index (κ1) is 21.0. The Morgan fingerprint density at radius 1 is 1.09 bits per heavy atom. The van der Waals surface area contributed by atoms with Crippen LogP contribution in [0.3, 0.4) is 0 Å². The summed E-state index contributed by atoms with van der Waals surface area (Å²) in [7, 11) is 0. The summed E-state index contributed by atoms with van der Waals surface area (Å²) in [6.45, 7) is 4.21. The minimum atomic E-state index is -1.38. The van der Waals surface area contributed by atoms with Crippen molar-refractivity contribution in [3.8, 4) is 0 Å². The average molecular weight is 448 g/mol. The Morgan fingerprint density at radius 3 is 2.55 bits per heavy atom. The number of nitrogens with zero attached hydrogens (tertiary/aromatic N) is 2. The third-order valence-corrected chi connectivity index (χ3v) is 6.02. The van der Waals surface area contributed by atoms with Gasteiger partial charge in [0.15, 0.2) is 5.54 Å². The summed E-state index contributed by atoms with van der Waals surface area (Å²) in [5.41, 5.74) is 0.875. The second kappa shape index (κ2) is 8.25. The lowest BCUT2D eigenvalue weighted by molar-refractivity contribution is -0.134. The molecule has 9 nitrogen and oxygen atoms in total. The molecule has 1 aromatic heterocycles. The van der Waals surface area contributed by atoms with Crippen LogP contribution in [0.1, 0.15) is 12.7 Å². The van der Waals surface area contributed by atoms with Crippen molar-refractivity contribution in [2.75, 3.05) is 43.1 Å². The van der Waals surface area contributed by atoms with Gasteiger partial charge >= 0.3 is 6.03 Å². The lowest BCUT2D eigenvalue weighted by atomic mass is 9.99. The van der Waals surface area contributed by atoms with Crippen LogP contribution in [-0.4, -0.2) is 55.6 Å². The zero-order valence-electron chi connectivity index (χ0n) is 18.2. The van der Waals surface area contributed by atoms with Gasteiger partial charge in [0.25, 0.3) is 5.91 Å². The van der Waals surface area contributed by atoms with E-state index in [1.165, 1.54) is 0 Å². The molecule has 0 aliphatic carbocycles. The van der Waals surface area contributed by atoms with Gasteiger partial charge in [0, 0.05) is 29.9 Å². The van der Waals surface area contributed by atoms with Crippen LogP contribution in [0.2, 0.25) is 0 Å². The molecular weight excluding hydrogens is 424 g/mol. The van der Waals surface area contributed by atoms with Gasteiger partial charge in [-0.3, -0.25) is 14.5 Å². The van der Waals surface area contributed by atoms with Crippen LogP contribution in [0.15, 0.2) is 59.0 Å². The van der Waals surface area contributed by atoms with Gasteiger partial charge in [-0.1, -0.05) is 18.2 Å². The number of hydrogen-bond acceptors (Lipinski definition) is 6. The summed E-state index contributed by atoms with van der Waals surface area (Å²) >= 11 is 0. The lowest BCUT2D eigenvalue weighted by Crippen LogP contribution is -2.41. The first-order valence-corrected chi connectivity index (χ1v) is 10.8. The highest BCUT2D eigenvalue weighted by Crippen LogP contribution is 2.33. The number of ether oxygens (including phenoxy) is 1. The fraction of sp³-hybridized carbons (Fsp3) is 0.292. The molecule has 170 valence electrons. The number of furan rings is 1. The molecule has 3 heterocycles. The molecule has 4 amide bonds. The van der Waals surface area contributed by atoms with Gasteiger partial charge in [0.1, 0.15) is 17.9 Å². The minimum Gasteiger partial charge on any atom is -0.458 e. The van der Waals surface area contributed by atoms with E-state index >= 15 is 0 Å². The maximum absolute atomic E-state index is 13.1. The highest BCUT2D eigenvalue weighted by Gasteiger charge is 2.51. The van der Waals surface area contributed by atoms with Crippen LogP contribution in [0, 0.1) is 0 Å². The highest BCUT2D eigenvalue weighted by molar-refractivity contribution is 6.10. The van der Waals surface area contributed by atoms with E-state index in [1.54, 1.807) is 31.2 Å². The molecule has 0 saturated carbocycles. The fourth-order valence-electron chi connectivity index (χ4n) is 4.16. The van der Waals surface area contributed by atoms with Crippen LogP contribution in [0.5, 0.6) is 0 Å². The number of benzene rings is 2. The highest BCUT2D eigenvalue weighted by atomic mass is 16.5. The van der Waals surface area contributed by atoms with Crippen LogP contribution < -0.4 is 15.5 Å². The summed E-state index contributed by atoms with van der Waals surface area (Å²) < 4.78 is 11.2. The molecule has 2 fully saturated rings. The molecule has 0 spiro atoms. The average Bonchev–Trinajstić information content (AvgIpc) is 3.36. The van der Waals surface area contributed by atoms with Crippen molar-refractivity contribution in [3.05, 3.63) is 60.4 Å². The van der Waals surface area contributed by atoms with E-state index in [2.05, 4.69) is 15.5 Å². The lowest BCUT2D eigenvalue weighted by Gasteiger charge is -2.28. The number of nitrogens with one attached hydrogen (secondary N) is 2. The van der Waals surface area contributed by atoms with E-state index in [9.17, 15) is 14.4 Å². The molecule has 3 aromatic rings. The largest absolute Gasteiger partial charge is 0.458 e. The number of carbonyl (C=O) groups is 3. The van der Waals surface area contributed by atoms with Gasteiger partial charge in [0.05, 0.1) is 13.2 Å². The van der Waals surface area contributed by atoms with Crippen molar-refractivity contribution in [1.82, 2.24) is 10.2 Å². The van der Waals surface area contributed by atoms with Gasteiger partial charge in [0.2, 0.25) is 5.91 Å². The summed E-state index contributed by atoms with van der Waals surface area (Å²) in [5, 5.41) is 6.24. The Bertz CT molecular complexity index is 1180. The quantitative estimate of drug-likeness (QED) is 0.582. The number of rotatable bonds is 5. The maximum atomic E-state index is 13.1. The van der Waals surface area contributed by atoms with E-state index in [1.807, 2.05) is 30.3 Å². The Balaban J connectivity index is 1.25. The number of hydrogen-bond donors (Lipinski definition) is 2. The normalized spacial score (nSPS) is 20.9. The van der Waals surface area contributed by atoms with E-state index in [-0.39, 0.29) is 0 Å². The van der Waals surface area contributed by atoms with Gasteiger partial charge in [-0.05, 0) is 43.3 Å². The van der Waals surface area contributed by atoms with Crippen LogP contribution in [0.25, 0.3) is 11.0 Å². The predicted octanol–water partition coefficient (Wildman–Crippen LogP) is 2.68. The Kier molecular flexibility index (Phi) is 5.26. The summed E-state index contributed by atoms with van der Waals surface area (Å²) in [6, 6.07) is 15.9. The summed E-state index contributed by atoms with van der Waals surface area (Å²) in [6.07, 6.45) is 0. The van der Waals surface area contributed by atoms with Crippen molar-refractivity contribution >= 4 is 40.2 Å². The molecule has 0 radical (unpaired) electrons. The smallest absolute Gasteiger partial charge is 0.325 e. The summed E-state index contributed by atoms with van der Waals surface area (Å²) in [4.78, 5) is 41.4. The number of morpholine rings is 1. The number of imide groups is 1. The molecule has 2 aliphatic rings. The van der Waals surface area contributed by atoms with E-state index in [0.717, 1.165) is 29.1 Å². The first-order valence-electron chi connectivity index (χ1n) is 10.8. The van der Waals surface area contributed by atoms with Crippen LogP contribution in [-0.2, 0) is 19.9 Å². The molecule has 33 heavy (non-hydrogen) atoms. The third-order valence-electron chi connectivity index (χ3n) is 6.02. The second-order valence-electron chi connectivity index (χ2n) is 8.29. The number of carbonyl (C=O) groups excluding carboxylic acids is 3. The molecule has 2 N–H and O–H groups in total. The van der Waals surface area contributed by atoms with Gasteiger partial charge in [-0.25, -0.2) is 4.79 Å². The number of fused-ring (bicyclic) bond motifs is 1. The molecule has 9 heteroatoms. The number of para-hydroxylation sites is 1. The van der Waals surface area contributed by atoms with Gasteiger partial charge < -0.3 is 24.7 Å². The monoisotopic (exact) mass is 448 g/mol. The SMILES string of the molecule is C[C@]1(c2cc3ccccc3o2)NC(=O)N(CC(=O)Nc2ccc(N3CCOCC3)cc2)C1=O. The molecule has 5 rings (SSSR count). The summed E-state index contributed by atoms with van der Waals surface area (Å²) in [5.74, 6) is -0.681. The zero-order valence-corrected chi connectivity index (χ0v) is 18.2. The maximum Gasteiger partial charge on any atom is 0.325 e. The molecule has 1 atom stereocenters. The van der Waals surface area contributed by atoms with Crippen molar-refractivity contribution in [1.29, 1.82) is 0 Å². The molecule has 2 saturated heterocycles. The van der Waals surface area contributed by atoms with Crippen molar-refractivity contribution < 1.29 is 23.5 Å². The first-order chi connectivity index (χ1) is 15.9. The number of urea groups is 1. The Morgan fingerprint density at radius 2 is 1.82 bits per heavy atom. The number of anilines is 2. The van der Waals surface area contributed by atoms with E-state index < -0.39 is 29.9 Å². The Labute approximate surface area is 190 Å². The van der Waals surface area contributed by atoms with Crippen LogP contribution in [0.4, 0.5) is 16.2 Å². The molecular formula is C24H24N4O5. The second-order valence-corrected chi connectivity index (χ2v) is 8.29. The zero-order chi connectivity index (χ0) is 23.0. The van der Waals surface area contributed by atoms with Crippen molar-refractivity contribution in [2.24, 2.45) is 0 Å². The molecule has 2 aromatic carbocycles. The number of amides is 4. The predicted molar refractivity (Wildman–Crippen MR) is 122 cm³/mol. The van der Waals surface area contributed by atoms with E-state index in [0.29, 0.717) is 30.2 Å². The fourth-order valence-corrected chi connectivity index (χ4v) is 4.16. The van der Waals surface area contributed by atoms with E-state index in [4.69, 9.17) is 9.15 Å². The molecule has 0 bridgehead atoms. The van der Waals surface area contributed by atoms with Gasteiger partial charge in [-0.15, -0.1) is 0 Å². The minimum absolute atomic E-state index is 0.323. The Hall–Kier alpha value is -3.85. The van der Waals surface area contributed by atoms with Crippen molar-refractivity contribution in [3.63, 3.8) is 0 Å². The van der Waals surface area contributed by atoms with Crippen molar-refractivity contribution in [2.45, 2.75) is 12.5 Å². The third kappa shape index (κ3) is 3.91.